The van der Waals surface area contributed by atoms with Gasteiger partial charge in [-0.2, -0.15) is 0 Å². The van der Waals surface area contributed by atoms with Crippen LogP contribution in [0.2, 0.25) is 0 Å². The van der Waals surface area contributed by atoms with Crippen LogP contribution in [0.1, 0.15) is 20.7 Å². The van der Waals surface area contributed by atoms with Gasteiger partial charge in [0.15, 0.2) is 23.9 Å². The highest BCUT2D eigenvalue weighted by atomic mass is 16.7. The van der Waals surface area contributed by atoms with Crippen molar-refractivity contribution in [2.75, 3.05) is 20.5 Å². The zero-order chi connectivity index (χ0) is 18.8. The average Bonchev–Trinajstić information content (AvgIpc) is 3.18. The van der Waals surface area contributed by atoms with Crippen molar-refractivity contribution in [3.05, 3.63) is 65.7 Å². The third-order valence-electron chi connectivity index (χ3n) is 4.31. The van der Waals surface area contributed by atoms with E-state index in [2.05, 4.69) is 0 Å². The summed E-state index contributed by atoms with van der Waals surface area (Å²) in [6.07, 6.45) is 0. The van der Waals surface area contributed by atoms with Crippen molar-refractivity contribution < 1.29 is 28.5 Å². The van der Waals surface area contributed by atoms with Crippen LogP contribution < -0.4 is 14.2 Å². The van der Waals surface area contributed by atoms with Gasteiger partial charge in [-0.3, -0.25) is 4.79 Å². The number of fused-ring (bicyclic) bond motifs is 2. The van der Waals surface area contributed by atoms with Gasteiger partial charge in [-0.25, -0.2) is 4.79 Å². The largest absolute Gasteiger partial charge is 0.497 e. The van der Waals surface area contributed by atoms with Gasteiger partial charge in [-0.1, -0.05) is 18.2 Å². The third-order valence-corrected chi connectivity index (χ3v) is 4.31. The normalized spacial score (nSPS) is 12.0. The Bertz CT molecular complexity index is 1040. The van der Waals surface area contributed by atoms with Crippen molar-refractivity contribution >= 4 is 22.5 Å². The van der Waals surface area contributed by atoms with Crippen LogP contribution in [0.25, 0.3) is 10.8 Å². The fraction of sp³-hybridized carbons (Fsp3) is 0.143. The lowest BCUT2D eigenvalue weighted by Gasteiger charge is -2.07. The summed E-state index contributed by atoms with van der Waals surface area (Å²) in [6, 6.07) is 15.7. The summed E-state index contributed by atoms with van der Waals surface area (Å²) in [5, 5.41) is 1.87. The Hall–Kier alpha value is -3.54. The Labute approximate surface area is 155 Å². The first-order valence-corrected chi connectivity index (χ1v) is 8.32. The minimum Gasteiger partial charge on any atom is -0.497 e. The third kappa shape index (κ3) is 3.42. The SMILES string of the molecule is COc1ccc2cc(C(=O)COC(=O)c3ccc4c(c3)OCO4)ccc2c1. The minimum absolute atomic E-state index is 0.125. The maximum Gasteiger partial charge on any atom is 0.338 e. The number of esters is 1. The number of methoxy groups -OCH3 is 1. The molecule has 3 aromatic carbocycles. The number of hydrogen-bond acceptors (Lipinski definition) is 6. The Morgan fingerprint density at radius 1 is 0.889 bits per heavy atom. The molecule has 6 heteroatoms. The van der Waals surface area contributed by atoms with Gasteiger partial charge in [0.1, 0.15) is 5.75 Å². The number of hydrogen-bond donors (Lipinski definition) is 0. The van der Waals surface area contributed by atoms with Crippen LogP contribution >= 0.6 is 0 Å². The zero-order valence-electron chi connectivity index (χ0n) is 14.6. The zero-order valence-corrected chi connectivity index (χ0v) is 14.6. The van der Waals surface area contributed by atoms with Gasteiger partial charge < -0.3 is 18.9 Å². The van der Waals surface area contributed by atoms with Crippen LogP contribution in [0.5, 0.6) is 17.2 Å². The molecule has 3 aromatic rings. The Morgan fingerprint density at radius 3 is 2.48 bits per heavy atom. The molecule has 0 aromatic heterocycles. The summed E-state index contributed by atoms with van der Waals surface area (Å²) >= 11 is 0. The van der Waals surface area contributed by atoms with E-state index in [1.807, 2.05) is 24.3 Å². The van der Waals surface area contributed by atoms with Crippen LogP contribution in [-0.4, -0.2) is 32.3 Å². The Morgan fingerprint density at radius 2 is 1.63 bits per heavy atom. The molecule has 1 aliphatic rings. The number of carbonyl (C=O) groups excluding carboxylic acids is 2. The van der Waals surface area contributed by atoms with E-state index in [0.29, 0.717) is 22.6 Å². The van der Waals surface area contributed by atoms with Crippen molar-refractivity contribution in [1.82, 2.24) is 0 Å². The predicted molar refractivity (Wildman–Crippen MR) is 97.7 cm³/mol. The molecule has 0 aliphatic carbocycles. The van der Waals surface area contributed by atoms with Gasteiger partial charge >= 0.3 is 5.97 Å². The number of ketones is 1. The maximum atomic E-state index is 12.4. The Balaban J connectivity index is 1.44. The Kier molecular flexibility index (Phi) is 4.38. The fourth-order valence-electron chi connectivity index (χ4n) is 2.85. The highest BCUT2D eigenvalue weighted by Crippen LogP contribution is 2.32. The van der Waals surface area contributed by atoms with E-state index in [1.54, 1.807) is 37.4 Å². The quantitative estimate of drug-likeness (QED) is 0.509. The molecular weight excluding hydrogens is 348 g/mol. The topological polar surface area (TPSA) is 71.1 Å². The number of ether oxygens (including phenoxy) is 4. The summed E-state index contributed by atoms with van der Waals surface area (Å²) in [5.41, 5.74) is 0.781. The van der Waals surface area contributed by atoms with Gasteiger partial charge in [-0.05, 0) is 47.2 Å². The summed E-state index contributed by atoms with van der Waals surface area (Å²) < 4.78 is 20.8. The lowest BCUT2D eigenvalue weighted by atomic mass is 10.0. The van der Waals surface area contributed by atoms with E-state index >= 15 is 0 Å². The summed E-state index contributed by atoms with van der Waals surface area (Å²) in [5.74, 6) is 0.948. The van der Waals surface area contributed by atoms with E-state index in [0.717, 1.165) is 16.5 Å². The lowest BCUT2D eigenvalue weighted by molar-refractivity contribution is 0.0474. The average molecular weight is 364 g/mol. The maximum absolute atomic E-state index is 12.4. The van der Waals surface area contributed by atoms with Crippen molar-refractivity contribution in [2.24, 2.45) is 0 Å². The molecule has 0 atom stereocenters. The van der Waals surface area contributed by atoms with Crippen LogP contribution in [0, 0.1) is 0 Å². The van der Waals surface area contributed by atoms with Crippen molar-refractivity contribution in [1.29, 1.82) is 0 Å². The molecule has 0 saturated heterocycles. The van der Waals surface area contributed by atoms with Crippen LogP contribution in [-0.2, 0) is 4.74 Å². The van der Waals surface area contributed by atoms with E-state index in [-0.39, 0.29) is 19.2 Å². The highest BCUT2D eigenvalue weighted by Gasteiger charge is 2.18. The number of Topliss-reactive ketones (excluding diaryl/α,β-unsaturated/α-hetero) is 1. The lowest BCUT2D eigenvalue weighted by Crippen LogP contribution is -2.14. The number of rotatable bonds is 5. The van der Waals surface area contributed by atoms with E-state index in [4.69, 9.17) is 18.9 Å². The molecule has 6 nitrogen and oxygen atoms in total. The van der Waals surface area contributed by atoms with E-state index < -0.39 is 5.97 Å². The summed E-state index contributed by atoms with van der Waals surface area (Å²) in [6.45, 7) is -0.213. The van der Waals surface area contributed by atoms with Crippen LogP contribution in [0.15, 0.2) is 54.6 Å². The molecule has 0 saturated carbocycles. The first-order valence-electron chi connectivity index (χ1n) is 8.32. The second kappa shape index (κ2) is 6.99. The smallest absolute Gasteiger partial charge is 0.338 e. The molecule has 0 amide bonds. The molecular formula is C21H16O6. The molecule has 0 bridgehead atoms. The van der Waals surface area contributed by atoms with Gasteiger partial charge in [0.2, 0.25) is 6.79 Å². The summed E-state index contributed by atoms with van der Waals surface area (Å²) in [7, 11) is 1.60. The number of carbonyl (C=O) groups is 2. The number of benzene rings is 3. The molecule has 136 valence electrons. The molecule has 0 N–H and O–H groups in total. The monoisotopic (exact) mass is 364 g/mol. The van der Waals surface area contributed by atoms with E-state index in [1.165, 1.54) is 0 Å². The van der Waals surface area contributed by atoms with Gasteiger partial charge in [-0.15, -0.1) is 0 Å². The fourth-order valence-corrected chi connectivity index (χ4v) is 2.85. The highest BCUT2D eigenvalue weighted by molar-refractivity contribution is 6.02. The molecule has 27 heavy (non-hydrogen) atoms. The molecule has 0 unspecified atom stereocenters. The molecule has 1 aliphatic heterocycles. The van der Waals surface area contributed by atoms with Gasteiger partial charge in [0, 0.05) is 5.56 Å². The second-order valence-electron chi connectivity index (χ2n) is 6.00. The van der Waals surface area contributed by atoms with Crippen LogP contribution in [0.3, 0.4) is 0 Å². The molecule has 0 radical (unpaired) electrons. The minimum atomic E-state index is -0.591. The van der Waals surface area contributed by atoms with E-state index in [9.17, 15) is 9.59 Å². The van der Waals surface area contributed by atoms with Crippen molar-refractivity contribution in [2.45, 2.75) is 0 Å². The first-order chi connectivity index (χ1) is 13.1. The molecule has 1 heterocycles. The van der Waals surface area contributed by atoms with Crippen LogP contribution in [0.4, 0.5) is 0 Å². The van der Waals surface area contributed by atoms with Crippen molar-refractivity contribution in [3.8, 4) is 17.2 Å². The second-order valence-corrected chi connectivity index (χ2v) is 6.00. The summed E-state index contributed by atoms with van der Waals surface area (Å²) in [4.78, 5) is 24.6. The van der Waals surface area contributed by atoms with Crippen molar-refractivity contribution in [3.63, 3.8) is 0 Å². The predicted octanol–water partition coefficient (Wildman–Crippen LogP) is 3.62. The molecule has 4 rings (SSSR count). The van der Waals surface area contributed by atoms with Gasteiger partial charge in [0.05, 0.1) is 12.7 Å². The standard InChI is InChI=1S/C21H16O6/c1-24-17-6-4-13-8-15(3-2-14(13)9-17)18(22)11-25-21(23)16-5-7-19-20(10-16)27-12-26-19/h2-10H,11-12H2,1H3. The first kappa shape index (κ1) is 16.9. The molecule has 0 fully saturated rings. The van der Waals surface area contributed by atoms with Gasteiger partial charge in [0.25, 0.3) is 0 Å². The molecule has 0 spiro atoms.